The monoisotopic (exact) mass is 369 g/mol. The van der Waals surface area contributed by atoms with Crippen LogP contribution in [-0.4, -0.2) is 10.9 Å². The van der Waals surface area contributed by atoms with Gasteiger partial charge in [0.15, 0.2) is 0 Å². The van der Waals surface area contributed by atoms with Crippen LogP contribution in [0, 0.1) is 17.0 Å². The van der Waals surface area contributed by atoms with E-state index in [1.807, 2.05) is 6.92 Å². The Morgan fingerprint density at radius 3 is 2.62 bits per heavy atom. The van der Waals surface area contributed by atoms with Gasteiger partial charge in [-0.25, -0.2) is 4.79 Å². The van der Waals surface area contributed by atoms with E-state index in [1.54, 1.807) is 18.2 Å². The lowest BCUT2D eigenvalue weighted by Gasteiger charge is -2.08. The standard InChI is InChI=1S/C14H9BrClNO4/c1-8-2-5-13(11(15)6-8)21-14(18)10-7-9(17(19)20)3-4-12(10)16/h2-7H,1H3. The molecule has 0 aromatic heterocycles. The number of carbonyl (C=O) groups is 1. The third kappa shape index (κ3) is 3.59. The Morgan fingerprint density at radius 1 is 1.29 bits per heavy atom. The maximum Gasteiger partial charge on any atom is 0.345 e. The molecule has 0 aliphatic heterocycles. The minimum Gasteiger partial charge on any atom is -0.422 e. The van der Waals surface area contributed by atoms with Crippen molar-refractivity contribution in [3.8, 4) is 5.75 Å². The molecule has 0 heterocycles. The third-order valence-electron chi connectivity index (χ3n) is 2.67. The summed E-state index contributed by atoms with van der Waals surface area (Å²) in [5.74, 6) is -0.443. The van der Waals surface area contributed by atoms with E-state index in [-0.39, 0.29) is 16.3 Å². The Labute approximate surface area is 133 Å². The summed E-state index contributed by atoms with van der Waals surface area (Å²) >= 11 is 9.18. The largest absolute Gasteiger partial charge is 0.422 e. The van der Waals surface area contributed by atoms with Gasteiger partial charge in [0, 0.05) is 12.1 Å². The summed E-state index contributed by atoms with van der Waals surface area (Å²) in [7, 11) is 0. The van der Waals surface area contributed by atoms with E-state index in [1.165, 1.54) is 12.1 Å². The summed E-state index contributed by atoms with van der Waals surface area (Å²) in [6.07, 6.45) is 0. The number of esters is 1. The summed E-state index contributed by atoms with van der Waals surface area (Å²) in [5, 5.41) is 10.8. The van der Waals surface area contributed by atoms with E-state index >= 15 is 0 Å². The fourth-order valence-corrected chi connectivity index (χ4v) is 2.40. The first-order valence-corrected chi connectivity index (χ1v) is 6.98. The molecule has 21 heavy (non-hydrogen) atoms. The van der Waals surface area contributed by atoms with Gasteiger partial charge in [0.2, 0.25) is 0 Å². The minimum atomic E-state index is -0.756. The Balaban J connectivity index is 2.32. The molecule has 0 atom stereocenters. The van der Waals surface area contributed by atoms with E-state index in [2.05, 4.69) is 15.9 Å². The van der Waals surface area contributed by atoms with Crippen LogP contribution in [0.2, 0.25) is 5.02 Å². The predicted octanol–water partition coefficient (Wildman–Crippen LogP) is 4.54. The molecule has 0 aliphatic rings. The zero-order chi connectivity index (χ0) is 15.6. The summed E-state index contributed by atoms with van der Waals surface area (Å²) in [6, 6.07) is 8.80. The third-order valence-corrected chi connectivity index (χ3v) is 3.62. The maximum atomic E-state index is 12.1. The number of aryl methyl sites for hydroxylation is 1. The second kappa shape index (κ2) is 6.24. The van der Waals surface area contributed by atoms with E-state index in [9.17, 15) is 14.9 Å². The van der Waals surface area contributed by atoms with Gasteiger partial charge in [-0.05, 0) is 46.6 Å². The molecule has 0 unspecified atom stereocenters. The van der Waals surface area contributed by atoms with Crippen LogP contribution in [0.3, 0.4) is 0 Å². The fourth-order valence-electron chi connectivity index (χ4n) is 1.63. The highest BCUT2D eigenvalue weighted by molar-refractivity contribution is 9.10. The molecule has 0 aliphatic carbocycles. The molecule has 0 fully saturated rings. The van der Waals surface area contributed by atoms with Gasteiger partial charge in [-0.15, -0.1) is 0 Å². The molecule has 0 amide bonds. The Kier molecular flexibility index (Phi) is 4.59. The molecule has 5 nitrogen and oxygen atoms in total. The average molecular weight is 371 g/mol. The molecule has 2 aromatic carbocycles. The Bertz CT molecular complexity index is 733. The van der Waals surface area contributed by atoms with Gasteiger partial charge in [0.05, 0.1) is 20.0 Å². The first-order chi connectivity index (χ1) is 9.88. The number of nitro groups is 1. The van der Waals surface area contributed by atoms with Crippen molar-refractivity contribution in [2.75, 3.05) is 0 Å². The number of hydrogen-bond acceptors (Lipinski definition) is 4. The zero-order valence-electron chi connectivity index (χ0n) is 10.8. The molecule has 0 radical (unpaired) electrons. The van der Waals surface area contributed by atoms with Crippen LogP contribution in [0.25, 0.3) is 0 Å². The number of halogens is 2. The van der Waals surface area contributed by atoms with Crippen molar-refractivity contribution >= 4 is 39.2 Å². The van der Waals surface area contributed by atoms with E-state index in [0.717, 1.165) is 11.6 Å². The second-order valence-corrected chi connectivity index (χ2v) is 5.51. The van der Waals surface area contributed by atoms with Crippen molar-refractivity contribution in [2.45, 2.75) is 6.92 Å². The van der Waals surface area contributed by atoms with Gasteiger partial charge in [-0.2, -0.15) is 0 Å². The first kappa shape index (κ1) is 15.5. The molecule has 2 rings (SSSR count). The zero-order valence-corrected chi connectivity index (χ0v) is 13.1. The molecule has 108 valence electrons. The number of benzene rings is 2. The van der Waals surface area contributed by atoms with Crippen LogP contribution < -0.4 is 4.74 Å². The van der Waals surface area contributed by atoms with Crippen LogP contribution in [0.4, 0.5) is 5.69 Å². The average Bonchev–Trinajstić information content (AvgIpc) is 2.42. The normalized spacial score (nSPS) is 10.2. The first-order valence-electron chi connectivity index (χ1n) is 5.81. The van der Waals surface area contributed by atoms with Crippen molar-refractivity contribution in [3.05, 3.63) is 67.1 Å². The van der Waals surface area contributed by atoms with E-state index < -0.39 is 10.9 Å². The van der Waals surface area contributed by atoms with Gasteiger partial charge in [0.1, 0.15) is 5.75 Å². The van der Waals surface area contributed by atoms with Gasteiger partial charge < -0.3 is 4.74 Å². The number of nitrogens with zero attached hydrogens (tertiary/aromatic N) is 1. The lowest BCUT2D eigenvalue weighted by molar-refractivity contribution is -0.384. The maximum absolute atomic E-state index is 12.1. The molecular formula is C14H9BrClNO4. The van der Waals surface area contributed by atoms with Crippen molar-refractivity contribution < 1.29 is 14.5 Å². The highest BCUT2D eigenvalue weighted by Gasteiger charge is 2.18. The molecule has 2 aromatic rings. The molecular weight excluding hydrogens is 362 g/mol. The molecule has 0 bridgehead atoms. The smallest absolute Gasteiger partial charge is 0.345 e. The summed E-state index contributed by atoms with van der Waals surface area (Å²) in [5.41, 5.74) is 0.711. The van der Waals surface area contributed by atoms with Crippen molar-refractivity contribution in [2.24, 2.45) is 0 Å². The Hall–Kier alpha value is -1.92. The second-order valence-electron chi connectivity index (χ2n) is 4.24. The van der Waals surface area contributed by atoms with Crippen molar-refractivity contribution in [1.82, 2.24) is 0 Å². The van der Waals surface area contributed by atoms with E-state index in [0.29, 0.717) is 10.2 Å². The van der Waals surface area contributed by atoms with Crippen LogP contribution in [0.15, 0.2) is 40.9 Å². The molecule has 0 saturated carbocycles. The predicted molar refractivity (Wildman–Crippen MR) is 81.9 cm³/mol. The van der Waals surface area contributed by atoms with Crippen molar-refractivity contribution in [1.29, 1.82) is 0 Å². The minimum absolute atomic E-state index is 0.0571. The van der Waals surface area contributed by atoms with Gasteiger partial charge in [0.25, 0.3) is 5.69 Å². The van der Waals surface area contributed by atoms with Crippen LogP contribution in [-0.2, 0) is 0 Å². The summed E-state index contributed by atoms with van der Waals surface area (Å²) in [4.78, 5) is 22.2. The lowest BCUT2D eigenvalue weighted by Crippen LogP contribution is -2.10. The molecule has 0 N–H and O–H groups in total. The van der Waals surface area contributed by atoms with Gasteiger partial charge >= 0.3 is 5.97 Å². The van der Waals surface area contributed by atoms with Gasteiger partial charge in [-0.1, -0.05) is 17.7 Å². The quantitative estimate of drug-likeness (QED) is 0.344. The number of nitro benzene ring substituents is 1. The molecule has 0 saturated heterocycles. The number of non-ortho nitro benzene ring substituents is 1. The van der Waals surface area contributed by atoms with E-state index in [4.69, 9.17) is 16.3 Å². The molecule has 0 spiro atoms. The molecule has 7 heteroatoms. The summed E-state index contributed by atoms with van der Waals surface area (Å²) < 4.78 is 5.82. The number of hydrogen-bond donors (Lipinski definition) is 0. The fraction of sp³-hybridized carbons (Fsp3) is 0.0714. The summed E-state index contributed by atoms with van der Waals surface area (Å²) in [6.45, 7) is 1.90. The van der Waals surface area contributed by atoms with Crippen LogP contribution in [0.1, 0.15) is 15.9 Å². The highest BCUT2D eigenvalue weighted by atomic mass is 79.9. The Morgan fingerprint density at radius 2 is 2.00 bits per heavy atom. The topological polar surface area (TPSA) is 69.4 Å². The van der Waals surface area contributed by atoms with Crippen LogP contribution >= 0.6 is 27.5 Å². The van der Waals surface area contributed by atoms with Gasteiger partial charge in [-0.3, -0.25) is 10.1 Å². The number of rotatable bonds is 3. The highest BCUT2D eigenvalue weighted by Crippen LogP contribution is 2.28. The SMILES string of the molecule is Cc1ccc(OC(=O)c2cc([N+](=O)[O-])ccc2Cl)c(Br)c1. The van der Waals surface area contributed by atoms with Crippen molar-refractivity contribution in [3.63, 3.8) is 0 Å². The lowest BCUT2D eigenvalue weighted by atomic mass is 10.2. The number of carbonyl (C=O) groups excluding carboxylic acids is 1. The number of ether oxygens (including phenoxy) is 1. The van der Waals surface area contributed by atoms with Crippen LogP contribution in [0.5, 0.6) is 5.75 Å².